The second-order valence-electron chi connectivity index (χ2n) is 4.05. The Kier molecular flexibility index (Phi) is 3.53. The summed E-state index contributed by atoms with van der Waals surface area (Å²) < 4.78 is 15.4. The van der Waals surface area contributed by atoms with E-state index < -0.39 is 11.7 Å². The molecule has 0 unspecified atom stereocenters. The highest BCUT2D eigenvalue weighted by molar-refractivity contribution is 5.92. The van der Waals surface area contributed by atoms with Crippen LogP contribution >= 0.6 is 0 Å². The van der Waals surface area contributed by atoms with Gasteiger partial charge in [0.05, 0.1) is 17.2 Å². The third-order valence-electron chi connectivity index (χ3n) is 2.68. The van der Waals surface area contributed by atoms with E-state index in [9.17, 15) is 9.18 Å². The van der Waals surface area contributed by atoms with Crippen LogP contribution < -0.4 is 10.3 Å². The first kappa shape index (κ1) is 12.7. The molecule has 1 heterocycles. The van der Waals surface area contributed by atoms with E-state index in [-0.39, 0.29) is 12.1 Å². The fourth-order valence-corrected chi connectivity index (χ4v) is 1.71. The molecule has 4 nitrogen and oxygen atoms in total. The highest BCUT2D eigenvalue weighted by Crippen LogP contribution is 2.09. The van der Waals surface area contributed by atoms with Crippen LogP contribution in [0.5, 0.6) is 0 Å². The standard InChI is InChI=1S/C14H10FN3O/c15-13-6-10(7-16)3-4-11(13)8-18-5-1-2-12(9-18)14(17)19/h1-6,9H,8H2,(H-,17,19)/p+1. The molecular weight excluding hydrogens is 245 g/mol. The molecule has 0 radical (unpaired) electrons. The molecule has 0 bridgehead atoms. The molecular formula is C14H11FN3O+. The zero-order chi connectivity index (χ0) is 13.8. The smallest absolute Gasteiger partial charge is 0.254 e. The van der Waals surface area contributed by atoms with Crippen molar-refractivity contribution < 1.29 is 13.8 Å². The molecule has 1 aromatic carbocycles. The minimum absolute atomic E-state index is 0.263. The van der Waals surface area contributed by atoms with Gasteiger partial charge in [-0.2, -0.15) is 9.83 Å². The van der Waals surface area contributed by atoms with Crippen LogP contribution in [0.15, 0.2) is 42.7 Å². The molecule has 0 saturated carbocycles. The number of hydrogen-bond acceptors (Lipinski definition) is 2. The van der Waals surface area contributed by atoms with E-state index >= 15 is 0 Å². The molecule has 2 aromatic rings. The number of hydrogen-bond donors (Lipinski definition) is 1. The van der Waals surface area contributed by atoms with Crippen molar-refractivity contribution in [1.82, 2.24) is 0 Å². The van der Waals surface area contributed by atoms with E-state index in [1.807, 2.05) is 6.07 Å². The molecule has 0 aliphatic carbocycles. The van der Waals surface area contributed by atoms with Crippen LogP contribution in [-0.2, 0) is 6.54 Å². The molecule has 0 saturated heterocycles. The number of aromatic nitrogens is 1. The van der Waals surface area contributed by atoms with E-state index in [1.165, 1.54) is 6.07 Å². The van der Waals surface area contributed by atoms with Gasteiger partial charge in [0.15, 0.2) is 18.9 Å². The highest BCUT2D eigenvalue weighted by Gasteiger charge is 2.11. The quantitative estimate of drug-likeness (QED) is 0.836. The summed E-state index contributed by atoms with van der Waals surface area (Å²) in [5.74, 6) is -0.981. The number of benzene rings is 1. The lowest BCUT2D eigenvalue weighted by atomic mass is 10.1. The van der Waals surface area contributed by atoms with Gasteiger partial charge in [-0.05, 0) is 24.3 Å². The Balaban J connectivity index is 2.29. The van der Waals surface area contributed by atoms with Crippen molar-refractivity contribution in [3.63, 3.8) is 0 Å². The number of amides is 1. The second-order valence-corrected chi connectivity index (χ2v) is 4.05. The van der Waals surface area contributed by atoms with Crippen LogP contribution in [-0.4, -0.2) is 5.91 Å². The Morgan fingerprint density at radius 3 is 2.84 bits per heavy atom. The van der Waals surface area contributed by atoms with Crippen LogP contribution in [0.2, 0.25) is 0 Å². The average molecular weight is 256 g/mol. The third-order valence-corrected chi connectivity index (χ3v) is 2.68. The number of halogens is 1. The first-order valence-electron chi connectivity index (χ1n) is 5.57. The number of pyridine rings is 1. The van der Waals surface area contributed by atoms with Gasteiger partial charge in [-0.25, -0.2) is 4.39 Å². The molecule has 19 heavy (non-hydrogen) atoms. The maximum absolute atomic E-state index is 13.7. The van der Waals surface area contributed by atoms with Gasteiger partial charge in [-0.1, -0.05) is 0 Å². The van der Waals surface area contributed by atoms with Crippen molar-refractivity contribution in [1.29, 1.82) is 5.26 Å². The monoisotopic (exact) mass is 256 g/mol. The van der Waals surface area contributed by atoms with Gasteiger partial charge in [0.2, 0.25) is 0 Å². The molecule has 5 heteroatoms. The van der Waals surface area contributed by atoms with Crippen molar-refractivity contribution in [2.75, 3.05) is 0 Å². The van der Waals surface area contributed by atoms with E-state index in [0.717, 1.165) is 0 Å². The summed E-state index contributed by atoms with van der Waals surface area (Å²) in [5.41, 5.74) is 6.25. The number of primary amides is 1. The third kappa shape index (κ3) is 2.93. The van der Waals surface area contributed by atoms with E-state index in [2.05, 4.69) is 0 Å². The number of carbonyl (C=O) groups excluding carboxylic acids is 1. The lowest BCUT2D eigenvalue weighted by Crippen LogP contribution is -2.35. The van der Waals surface area contributed by atoms with Crippen LogP contribution in [0.3, 0.4) is 0 Å². The highest BCUT2D eigenvalue weighted by atomic mass is 19.1. The summed E-state index contributed by atoms with van der Waals surface area (Å²) in [5, 5.41) is 8.67. The summed E-state index contributed by atoms with van der Waals surface area (Å²) in [6.07, 6.45) is 3.27. The van der Waals surface area contributed by atoms with Crippen molar-refractivity contribution in [3.05, 3.63) is 65.2 Å². The predicted molar refractivity (Wildman–Crippen MR) is 65.4 cm³/mol. The van der Waals surface area contributed by atoms with Gasteiger partial charge in [-0.3, -0.25) is 4.79 Å². The minimum atomic E-state index is -0.533. The molecule has 0 spiro atoms. The summed E-state index contributed by atoms with van der Waals surface area (Å²) in [6, 6.07) is 9.43. The Labute approximate surface area is 109 Å². The normalized spacial score (nSPS) is 9.89. The van der Waals surface area contributed by atoms with Crippen LogP contribution in [0.4, 0.5) is 4.39 Å². The SMILES string of the molecule is N#Cc1ccc(C[n+]2cccc(C(N)=O)c2)c(F)c1. The maximum atomic E-state index is 13.7. The Hall–Kier alpha value is -2.74. The molecule has 2 rings (SSSR count). The number of carbonyl (C=O) groups is 1. The number of nitriles is 1. The zero-order valence-electron chi connectivity index (χ0n) is 10.0. The van der Waals surface area contributed by atoms with Gasteiger partial charge in [0.1, 0.15) is 11.4 Å². The van der Waals surface area contributed by atoms with Crippen LogP contribution in [0, 0.1) is 17.1 Å². The number of nitrogens with zero attached hydrogens (tertiary/aromatic N) is 2. The van der Waals surface area contributed by atoms with Crippen molar-refractivity contribution >= 4 is 5.91 Å². The Morgan fingerprint density at radius 2 is 2.21 bits per heavy atom. The molecule has 0 aliphatic rings. The van der Waals surface area contributed by atoms with Gasteiger partial charge >= 0.3 is 0 Å². The molecule has 94 valence electrons. The molecule has 0 fully saturated rings. The topological polar surface area (TPSA) is 70.8 Å². The second kappa shape index (κ2) is 5.27. The van der Waals surface area contributed by atoms with Gasteiger partial charge in [-0.15, -0.1) is 0 Å². The van der Waals surface area contributed by atoms with Gasteiger partial charge in [0, 0.05) is 6.07 Å². The Bertz CT molecular complexity index is 677. The lowest BCUT2D eigenvalue weighted by Gasteiger charge is -2.01. The first-order valence-corrected chi connectivity index (χ1v) is 5.57. The summed E-state index contributed by atoms with van der Waals surface area (Å²) >= 11 is 0. The Morgan fingerprint density at radius 1 is 1.42 bits per heavy atom. The van der Waals surface area contributed by atoms with E-state index in [0.29, 0.717) is 11.1 Å². The van der Waals surface area contributed by atoms with Crippen molar-refractivity contribution in [2.45, 2.75) is 6.54 Å². The molecule has 1 aromatic heterocycles. The van der Waals surface area contributed by atoms with Gasteiger partial charge in [0.25, 0.3) is 5.91 Å². The van der Waals surface area contributed by atoms with Crippen molar-refractivity contribution in [2.24, 2.45) is 5.73 Å². The average Bonchev–Trinajstić information content (AvgIpc) is 2.41. The van der Waals surface area contributed by atoms with Crippen LogP contribution in [0.1, 0.15) is 21.5 Å². The zero-order valence-corrected chi connectivity index (χ0v) is 10.0. The lowest BCUT2D eigenvalue weighted by molar-refractivity contribution is -0.688. The van der Waals surface area contributed by atoms with Crippen LogP contribution in [0.25, 0.3) is 0 Å². The predicted octanol–water partition coefficient (Wildman–Crippen LogP) is 1.13. The molecule has 0 aliphatic heterocycles. The van der Waals surface area contributed by atoms with Gasteiger partial charge < -0.3 is 5.73 Å². The maximum Gasteiger partial charge on any atom is 0.254 e. The van der Waals surface area contributed by atoms with Crippen molar-refractivity contribution in [3.8, 4) is 6.07 Å². The summed E-state index contributed by atoms with van der Waals surface area (Å²) in [6.45, 7) is 0.263. The summed E-state index contributed by atoms with van der Waals surface area (Å²) in [4.78, 5) is 11.1. The van der Waals surface area contributed by atoms with E-state index in [4.69, 9.17) is 11.0 Å². The number of nitrogens with two attached hydrogens (primary N) is 1. The molecule has 1 amide bonds. The number of rotatable bonds is 3. The first-order chi connectivity index (χ1) is 9.10. The molecule has 2 N–H and O–H groups in total. The van der Waals surface area contributed by atoms with E-state index in [1.54, 1.807) is 41.2 Å². The summed E-state index contributed by atoms with van der Waals surface area (Å²) in [7, 11) is 0. The largest absolute Gasteiger partial charge is 0.365 e. The fourth-order valence-electron chi connectivity index (χ4n) is 1.71. The fraction of sp³-hybridized carbons (Fsp3) is 0.0714. The molecule has 0 atom stereocenters. The minimum Gasteiger partial charge on any atom is -0.365 e.